The first-order valence-corrected chi connectivity index (χ1v) is 6.65. The van der Waals surface area contributed by atoms with Crippen molar-refractivity contribution in [2.24, 2.45) is 0 Å². The van der Waals surface area contributed by atoms with E-state index in [1.165, 1.54) is 11.9 Å². The summed E-state index contributed by atoms with van der Waals surface area (Å²) in [7, 11) is -1.79. The van der Waals surface area contributed by atoms with Crippen molar-refractivity contribution >= 4 is 27.1 Å². The molecule has 16 heavy (non-hydrogen) atoms. The Hall–Kier alpha value is -1.56. The Labute approximate surface area is 94.8 Å². The summed E-state index contributed by atoms with van der Waals surface area (Å²) in [4.78, 5) is 12.9. The number of nitrogen functional groups attached to an aromatic ring is 1. The summed E-state index contributed by atoms with van der Waals surface area (Å²) in [5, 5.41) is 0. The van der Waals surface area contributed by atoms with Crippen LogP contribution in [-0.2, 0) is 14.6 Å². The molecule has 0 radical (unpaired) electrons. The molecular formula is C10H14N2O3S. The number of carbonyl (C=O) groups excluding carboxylic acids is 1. The maximum atomic E-state index is 11.6. The van der Waals surface area contributed by atoms with Gasteiger partial charge in [-0.1, -0.05) is 6.07 Å². The standard InChI is InChI=1S/C10H14N2O3S/c1-12(10(13)7-16(2,14)15)9-5-3-4-8(11)6-9/h3-6H,7,11H2,1-2H3. The number of sulfone groups is 1. The van der Waals surface area contributed by atoms with Crippen LogP contribution >= 0.6 is 0 Å². The van der Waals surface area contributed by atoms with Crippen molar-refractivity contribution in [3.05, 3.63) is 24.3 Å². The molecule has 0 saturated carbocycles. The van der Waals surface area contributed by atoms with Crippen LogP contribution in [0.4, 0.5) is 11.4 Å². The quantitative estimate of drug-likeness (QED) is 0.772. The maximum absolute atomic E-state index is 11.6. The van der Waals surface area contributed by atoms with Gasteiger partial charge in [-0.25, -0.2) is 8.42 Å². The summed E-state index contributed by atoms with van der Waals surface area (Å²) < 4.78 is 21.9. The Morgan fingerprint density at radius 2 is 2.06 bits per heavy atom. The van der Waals surface area contributed by atoms with Gasteiger partial charge in [-0.05, 0) is 18.2 Å². The molecule has 0 bridgehead atoms. The predicted octanol–water partition coefficient (Wildman–Crippen LogP) is 0.276. The van der Waals surface area contributed by atoms with E-state index in [1.54, 1.807) is 24.3 Å². The van der Waals surface area contributed by atoms with Crippen LogP contribution in [-0.4, -0.2) is 33.4 Å². The molecule has 0 heterocycles. The fourth-order valence-electron chi connectivity index (χ4n) is 1.20. The number of hydrogen-bond donors (Lipinski definition) is 1. The number of anilines is 2. The lowest BCUT2D eigenvalue weighted by molar-refractivity contribution is -0.115. The van der Waals surface area contributed by atoms with E-state index in [9.17, 15) is 13.2 Å². The summed E-state index contributed by atoms with van der Waals surface area (Å²) >= 11 is 0. The molecule has 1 aromatic carbocycles. The highest BCUT2D eigenvalue weighted by molar-refractivity contribution is 7.91. The van der Waals surface area contributed by atoms with E-state index < -0.39 is 21.5 Å². The number of hydrogen-bond acceptors (Lipinski definition) is 4. The molecule has 88 valence electrons. The van der Waals surface area contributed by atoms with Crippen molar-refractivity contribution in [3.63, 3.8) is 0 Å². The molecule has 0 unspecified atom stereocenters. The second-order valence-corrected chi connectivity index (χ2v) is 5.76. The molecule has 0 aromatic heterocycles. The lowest BCUT2D eigenvalue weighted by Gasteiger charge is -2.17. The van der Waals surface area contributed by atoms with Gasteiger partial charge >= 0.3 is 0 Å². The van der Waals surface area contributed by atoms with Crippen LogP contribution in [0.5, 0.6) is 0 Å². The largest absolute Gasteiger partial charge is 0.399 e. The molecule has 0 fully saturated rings. The van der Waals surface area contributed by atoms with Crippen molar-refractivity contribution in [2.45, 2.75) is 0 Å². The zero-order chi connectivity index (χ0) is 12.3. The van der Waals surface area contributed by atoms with Gasteiger partial charge in [-0.2, -0.15) is 0 Å². The third-order valence-corrected chi connectivity index (χ3v) is 2.79. The summed E-state index contributed by atoms with van der Waals surface area (Å²) in [6.07, 6.45) is 1.03. The molecule has 0 aliphatic carbocycles. The number of nitrogens with two attached hydrogens (primary N) is 1. The highest BCUT2D eigenvalue weighted by atomic mass is 32.2. The van der Waals surface area contributed by atoms with E-state index in [-0.39, 0.29) is 0 Å². The van der Waals surface area contributed by atoms with Crippen LogP contribution in [0.1, 0.15) is 0 Å². The number of nitrogens with zero attached hydrogens (tertiary/aromatic N) is 1. The third kappa shape index (κ3) is 3.54. The van der Waals surface area contributed by atoms with Gasteiger partial charge in [-0.3, -0.25) is 4.79 Å². The minimum absolute atomic E-state index is 0.479. The molecule has 1 amide bonds. The maximum Gasteiger partial charge on any atom is 0.241 e. The number of rotatable bonds is 3. The fraction of sp³-hybridized carbons (Fsp3) is 0.300. The van der Waals surface area contributed by atoms with Gasteiger partial charge in [0.05, 0.1) is 0 Å². The SMILES string of the molecule is CN(C(=O)CS(C)(=O)=O)c1cccc(N)c1. The lowest BCUT2D eigenvalue weighted by Crippen LogP contribution is -2.32. The fourth-order valence-corrected chi connectivity index (χ4v) is 1.84. The monoisotopic (exact) mass is 242 g/mol. The van der Waals surface area contributed by atoms with Gasteiger partial charge in [0.15, 0.2) is 9.84 Å². The minimum atomic E-state index is -3.31. The zero-order valence-corrected chi connectivity index (χ0v) is 9.99. The molecule has 2 N–H and O–H groups in total. The van der Waals surface area contributed by atoms with E-state index in [0.29, 0.717) is 11.4 Å². The summed E-state index contributed by atoms with van der Waals surface area (Å²) in [5.74, 6) is -0.980. The molecule has 1 rings (SSSR count). The van der Waals surface area contributed by atoms with E-state index in [0.717, 1.165) is 6.26 Å². The molecule has 1 aromatic rings. The normalized spacial score (nSPS) is 11.1. The van der Waals surface area contributed by atoms with Gasteiger partial charge in [-0.15, -0.1) is 0 Å². The Balaban J connectivity index is 2.86. The first-order valence-electron chi connectivity index (χ1n) is 4.59. The van der Waals surface area contributed by atoms with Crippen LogP contribution in [0.15, 0.2) is 24.3 Å². The van der Waals surface area contributed by atoms with Gasteiger partial charge in [0, 0.05) is 24.7 Å². The third-order valence-electron chi connectivity index (χ3n) is 2.02. The summed E-state index contributed by atoms with van der Waals surface area (Å²) in [6.45, 7) is 0. The Bertz CT molecular complexity index is 497. The highest BCUT2D eigenvalue weighted by Crippen LogP contribution is 2.16. The predicted molar refractivity (Wildman–Crippen MR) is 64.0 cm³/mol. The first kappa shape index (κ1) is 12.5. The Morgan fingerprint density at radius 3 is 2.56 bits per heavy atom. The van der Waals surface area contributed by atoms with Crippen LogP contribution in [0.25, 0.3) is 0 Å². The smallest absolute Gasteiger partial charge is 0.241 e. The zero-order valence-electron chi connectivity index (χ0n) is 9.17. The molecule has 5 nitrogen and oxygen atoms in total. The Kier molecular flexibility index (Phi) is 3.54. The molecule has 0 aliphatic rings. The van der Waals surface area contributed by atoms with Crippen LogP contribution in [0.3, 0.4) is 0 Å². The molecule has 0 aliphatic heterocycles. The van der Waals surface area contributed by atoms with Crippen LogP contribution in [0.2, 0.25) is 0 Å². The average Bonchev–Trinajstić information content (AvgIpc) is 2.14. The summed E-state index contributed by atoms with van der Waals surface area (Å²) in [5.41, 5.74) is 6.67. The van der Waals surface area contributed by atoms with Crippen LogP contribution < -0.4 is 10.6 Å². The van der Waals surface area contributed by atoms with Crippen molar-refractivity contribution in [3.8, 4) is 0 Å². The lowest BCUT2D eigenvalue weighted by atomic mass is 10.2. The van der Waals surface area contributed by atoms with E-state index >= 15 is 0 Å². The van der Waals surface area contributed by atoms with Gasteiger partial charge < -0.3 is 10.6 Å². The van der Waals surface area contributed by atoms with Crippen LogP contribution in [0, 0.1) is 0 Å². The Morgan fingerprint density at radius 1 is 1.44 bits per heavy atom. The van der Waals surface area contributed by atoms with Gasteiger partial charge in [0.25, 0.3) is 0 Å². The van der Waals surface area contributed by atoms with E-state index in [2.05, 4.69) is 0 Å². The minimum Gasteiger partial charge on any atom is -0.399 e. The van der Waals surface area contributed by atoms with Crippen molar-refractivity contribution in [1.82, 2.24) is 0 Å². The number of carbonyl (C=O) groups is 1. The van der Waals surface area contributed by atoms with E-state index in [1.807, 2.05) is 0 Å². The number of amides is 1. The van der Waals surface area contributed by atoms with Crippen molar-refractivity contribution in [2.75, 3.05) is 29.7 Å². The number of benzene rings is 1. The second-order valence-electron chi connectivity index (χ2n) is 3.62. The summed E-state index contributed by atoms with van der Waals surface area (Å²) in [6, 6.07) is 6.70. The molecule has 0 atom stereocenters. The highest BCUT2D eigenvalue weighted by Gasteiger charge is 2.16. The second kappa shape index (κ2) is 4.52. The average molecular weight is 242 g/mol. The van der Waals surface area contributed by atoms with E-state index in [4.69, 9.17) is 5.73 Å². The molecular weight excluding hydrogens is 228 g/mol. The van der Waals surface area contributed by atoms with Gasteiger partial charge in [0.1, 0.15) is 5.75 Å². The van der Waals surface area contributed by atoms with Crippen molar-refractivity contribution < 1.29 is 13.2 Å². The first-order chi connectivity index (χ1) is 7.29. The molecule has 0 spiro atoms. The van der Waals surface area contributed by atoms with Gasteiger partial charge in [0.2, 0.25) is 5.91 Å². The molecule has 0 saturated heterocycles. The van der Waals surface area contributed by atoms with Crippen molar-refractivity contribution in [1.29, 1.82) is 0 Å². The topological polar surface area (TPSA) is 80.5 Å². The molecule has 6 heteroatoms.